The van der Waals surface area contributed by atoms with Crippen molar-refractivity contribution in [2.75, 3.05) is 18.0 Å². The number of halogens is 1. The molecular formula is C17H19FN4O4S. The zero-order valence-electron chi connectivity index (χ0n) is 14.8. The number of nitrogens with zero attached hydrogens (tertiary/aromatic N) is 2. The van der Waals surface area contributed by atoms with Gasteiger partial charge in [0.05, 0.1) is 24.0 Å². The van der Waals surface area contributed by atoms with Crippen LogP contribution in [0, 0.1) is 5.82 Å². The van der Waals surface area contributed by atoms with Crippen LogP contribution in [0.25, 0.3) is 0 Å². The summed E-state index contributed by atoms with van der Waals surface area (Å²) in [6.45, 7) is 3.65. The number of thioether (sulfide) groups is 1. The number of hydrogen-bond acceptors (Lipinski definition) is 6. The lowest BCUT2D eigenvalue weighted by atomic mass is 10.2. The first-order valence-electron chi connectivity index (χ1n) is 8.45. The second-order valence-electron chi connectivity index (χ2n) is 6.13. The number of hydrogen-bond donors (Lipinski definition) is 2. The average Bonchev–Trinajstić information content (AvgIpc) is 3.01. The van der Waals surface area contributed by atoms with E-state index >= 15 is 0 Å². The average molecular weight is 394 g/mol. The van der Waals surface area contributed by atoms with Crippen LogP contribution < -0.4 is 15.6 Å². The fourth-order valence-electron chi connectivity index (χ4n) is 2.73. The molecule has 0 radical (unpaired) electrons. The van der Waals surface area contributed by atoms with Crippen LogP contribution in [-0.2, 0) is 14.3 Å². The third-order valence-electron chi connectivity index (χ3n) is 4.13. The molecule has 1 saturated heterocycles. The molecule has 144 valence electrons. The Morgan fingerprint density at radius 2 is 2.26 bits per heavy atom. The number of hydrazone groups is 1. The summed E-state index contributed by atoms with van der Waals surface area (Å²) in [6.07, 6.45) is -0.493. The smallest absolute Gasteiger partial charge is 0.414 e. The Balaban J connectivity index is 1.74. The Bertz CT molecular complexity index is 816. The van der Waals surface area contributed by atoms with Gasteiger partial charge in [-0.2, -0.15) is 5.10 Å². The van der Waals surface area contributed by atoms with Crippen molar-refractivity contribution in [2.45, 2.75) is 31.6 Å². The third kappa shape index (κ3) is 4.21. The largest absolute Gasteiger partial charge is 0.442 e. The molecule has 0 saturated carbocycles. The lowest BCUT2D eigenvalue weighted by molar-refractivity contribution is -0.121. The summed E-state index contributed by atoms with van der Waals surface area (Å²) in [4.78, 5) is 36.0. The van der Waals surface area contributed by atoms with Crippen molar-refractivity contribution in [3.8, 4) is 0 Å². The molecule has 2 heterocycles. The summed E-state index contributed by atoms with van der Waals surface area (Å²) in [6, 6.07) is 4.36. The number of amides is 3. The molecule has 27 heavy (non-hydrogen) atoms. The van der Waals surface area contributed by atoms with Crippen LogP contribution in [0.5, 0.6) is 0 Å². The molecule has 3 amide bonds. The zero-order valence-corrected chi connectivity index (χ0v) is 15.6. The number of carbonyl (C=O) groups is 3. The van der Waals surface area contributed by atoms with Crippen LogP contribution in [0.1, 0.15) is 25.8 Å². The minimum Gasteiger partial charge on any atom is -0.442 e. The highest BCUT2D eigenvalue weighted by molar-refractivity contribution is 8.15. The maximum atomic E-state index is 14.7. The van der Waals surface area contributed by atoms with Gasteiger partial charge in [0.2, 0.25) is 5.91 Å². The van der Waals surface area contributed by atoms with E-state index < -0.39 is 18.0 Å². The molecule has 1 aromatic rings. The molecular weight excluding hydrogens is 375 g/mol. The van der Waals surface area contributed by atoms with Crippen molar-refractivity contribution >= 4 is 40.4 Å². The summed E-state index contributed by atoms with van der Waals surface area (Å²) in [5, 5.41) is 6.58. The Morgan fingerprint density at radius 1 is 1.48 bits per heavy atom. The summed E-state index contributed by atoms with van der Waals surface area (Å²) < 4.78 is 19.8. The number of carbonyl (C=O) groups excluding carboxylic acids is 3. The normalized spacial score (nSPS) is 22.2. The van der Waals surface area contributed by atoms with Crippen molar-refractivity contribution in [1.29, 1.82) is 0 Å². The molecule has 1 aromatic carbocycles. The molecule has 2 aliphatic rings. The highest BCUT2D eigenvalue weighted by Crippen LogP contribution is 2.29. The maximum Gasteiger partial charge on any atom is 0.414 e. The molecule has 2 aliphatic heterocycles. The fraction of sp³-hybridized carbons (Fsp3) is 0.412. The predicted molar refractivity (Wildman–Crippen MR) is 99.0 cm³/mol. The summed E-state index contributed by atoms with van der Waals surface area (Å²) in [7, 11) is 0. The van der Waals surface area contributed by atoms with E-state index in [4.69, 9.17) is 4.74 Å². The topological polar surface area (TPSA) is 100 Å². The Morgan fingerprint density at radius 3 is 2.93 bits per heavy atom. The third-order valence-corrected chi connectivity index (χ3v) is 5.50. The molecule has 0 spiro atoms. The quantitative estimate of drug-likeness (QED) is 0.790. The van der Waals surface area contributed by atoms with Crippen molar-refractivity contribution in [1.82, 2.24) is 10.7 Å². The van der Waals surface area contributed by atoms with E-state index in [0.717, 1.165) is 0 Å². The highest BCUT2D eigenvalue weighted by Gasteiger charge is 2.33. The number of rotatable bonds is 5. The van der Waals surface area contributed by atoms with E-state index in [0.29, 0.717) is 17.2 Å². The molecule has 1 fully saturated rings. The Hall–Kier alpha value is -2.62. The van der Waals surface area contributed by atoms with Crippen molar-refractivity contribution in [3.05, 3.63) is 29.6 Å². The lowest BCUT2D eigenvalue weighted by Gasteiger charge is -2.20. The number of nitrogens with one attached hydrogen (secondary N) is 2. The first kappa shape index (κ1) is 19.2. The summed E-state index contributed by atoms with van der Waals surface area (Å²) in [5.74, 6) is -0.973. The number of cyclic esters (lactones) is 1. The highest BCUT2D eigenvalue weighted by atomic mass is 32.2. The van der Waals surface area contributed by atoms with Gasteiger partial charge in [0.15, 0.2) is 0 Å². The fourth-order valence-corrected chi connectivity index (χ4v) is 3.71. The minimum absolute atomic E-state index is 0.198. The molecule has 0 aliphatic carbocycles. The van der Waals surface area contributed by atoms with Gasteiger partial charge in [0.25, 0.3) is 5.91 Å². The van der Waals surface area contributed by atoms with E-state index in [1.165, 1.54) is 35.7 Å². The van der Waals surface area contributed by atoms with Gasteiger partial charge in [-0.25, -0.2) is 14.6 Å². The van der Waals surface area contributed by atoms with E-state index in [1.54, 1.807) is 6.07 Å². The standard InChI is InChI=1S/C17H19FN4O4S/c1-3-14-15(24)20-21-16(27-14)12-5-4-10(6-13(12)18)22-8-11(26-17(22)25)7-19-9(2)23/h4-6,11,14H,3,7-8H2,1-2H3,(H,19,23)(H,20,24). The van der Waals surface area contributed by atoms with Crippen LogP contribution >= 0.6 is 11.8 Å². The molecule has 0 bridgehead atoms. The van der Waals surface area contributed by atoms with Gasteiger partial charge in [-0.3, -0.25) is 14.5 Å². The Kier molecular flexibility index (Phi) is 5.64. The van der Waals surface area contributed by atoms with Crippen LogP contribution in [0.4, 0.5) is 14.9 Å². The van der Waals surface area contributed by atoms with Gasteiger partial charge in [0, 0.05) is 12.5 Å². The van der Waals surface area contributed by atoms with Crippen LogP contribution in [0.15, 0.2) is 23.3 Å². The van der Waals surface area contributed by atoms with Crippen molar-refractivity contribution in [3.63, 3.8) is 0 Å². The molecule has 0 aromatic heterocycles. The van der Waals surface area contributed by atoms with Gasteiger partial charge < -0.3 is 10.1 Å². The van der Waals surface area contributed by atoms with Gasteiger partial charge in [-0.15, -0.1) is 0 Å². The molecule has 2 N–H and O–H groups in total. The summed E-state index contributed by atoms with van der Waals surface area (Å²) >= 11 is 1.21. The summed E-state index contributed by atoms with van der Waals surface area (Å²) in [5.41, 5.74) is 3.01. The van der Waals surface area contributed by atoms with Gasteiger partial charge in [0.1, 0.15) is 17.0 Å². The maximum absolute atomic E-state index is 14.7. The van der Waals surface area contributed by atoms with Crippen LogP contribution in [-0.4, -0.2) is 47.4 Å². The first-order valence-corrected chi connectivity index (χ1v) is 9.33. The van der Waals surface area contributed by atoms with Crippen LogP contribution in [0.3, 0.4) is 0 Å². The molecule has 2 unspecified atom stereocenters. The zero-order chi connectivity index (χ0) is 19.6. The second kappa shape index (κ2) is 7.95. The molecule has 10 heteroatoms. The molecule has 8 nitrogen and oxygen atoms in total. The molecule has 3 rings (SSSR count). The van der Waals surface area contributed by atoms with E-state index in [-0.39, 0.29) is 35.7 Å². The lowest BCUT2D eigenvalue weighted by Crippen LogP contribution is -2.35. The van der Waals surface area contributed by atoms with E-state index in [1.807, 2.05) is 6.92 Å². The van der Waals surface area contributed by atoms with Gasteiger partial charge >= 0.3 is 6.09 Å². The molecule has 2 atom stereocenters. The number of benzene rings is 1. The minimum atomic E-state index is -0.597. The van der Waals surface area contributed by atoms with Gasteiger partial charge in [-0.1, -0.05) is 18.7 Å². The van der Waals surface area contributed by atoms with Crippen molar-refractivity contribution in [2.24, 2.45) is 5.10 Å². The predicted octanol–water partition coefficient (Wildman–Crippen LogP) is 1.59. The van der Waals surface area contributed by atoms with Crippen LogP contribution in [0.2, 0.25) is 0 Å². The van der Waals surface area contributed by atoms with Gasteiger partial charge in [-0.05, 0) is 24.6 Å². The second-order valence-corrected chi connectivity index (χ2v) is 7.32. The number of ether oxygens (including phenoxy) is 1. The SMILES string of the molecule is CCC1SC(c2ccc(N3CC(CNC(C)=O)OC3=O)cc2F)=NNC1=O. The number of anilines is 1. The Labute approximate surface area is 159 Å². The monoisotopic (exact) mass is 394 g/mol. The first-order chi connectivity index (χ1) is 12.9. The van der Waals surface area contributed by atoms with Crippen molar-refractivity contribution < 1.29 is 23.5 Å². The van der Waals surface area contributed by atoms with E-state index in [2.05, 4.69) is 15.8 Å². The van der Waals surface area contributed by atoms with E-state index in [9.17, 15) is 18.8 Å².